The molecule has 72 valence electrons. The molecule has 2 heterocycles. The largest absolute Gasteiger partial charge is 0.272 e. The van der Waals surface area contributed by atoms with Gasteiger partial charge in [-0.25, -0.2) is 4.98 Å². The molecule has 0 N–H and O–H groups in total. The summed E-state index contributed by atoms with van der Waals surface area (Å²) in [4.78, 5) is 16.0. The number of rotatable bonds is 0. The molecule has 0 aromatic carbocycles. The van der Waals surface area contributed by atoms with Crippen LogP contribution in [0.2, 0.25) is 0 Å². The van der Waals surface area contributed by atoms with Crippen LogP contribution in [0.15, 0.2) is 27.6 Å². The van der Waals surface area contributed by atoms with E-state index in [1.165, 1.54) is 4.40 Å². The van der Waals surface area contributed by atoms with E-state index in [0.29, 0.717) is 10.1 Å². The monoisotopic (exact) mass is 252 g/mol. The molecule has 0 saturated carbocycles. The molecule has 0 aliphatic rings. The molecule has 0 atom stereocenters. The Labute approximate surface area is 89.5 Å². The molecule has 0 spiro atoms. The fourth-order valence-electron chi connectivity index (χ4n) is 1.33. The summed E-state index contributed by atoms with van der Waals surface area (Å²) in [7, 11) is 0. The van der Waals surface area contributed by atoms with Crippen molar-refractivity contribution in [1.82, 2.24) is 9.38 Å². The van der Waals surface area contributed by atoms with Gasteiger partial charge in [-0.2, -0.15) is 0 Å². The maximum atomic E-state index is 11.7. The fourth-order valence-corrected chi connectivity index (χ4v) is 1.61. The van der Waals surface area contributed by atoms with Crippen molar-refractivity contribution in [3.05, 3.63) is 44.4 Å². The summed E-state index contributed by atoms with van der Waals surface area (Å²) >= 11 is 3.22. The number of aryl methyl sites for hydroxylation is 2. The molecule has 0 unspecified atom stereocenters. The Morgan fingerprint density at radius 2 is 2.14 bits per heavy atom. The van der Waals surface area contributed by atoms with E-state index in [1.54, 1.807) is 6.20 Å². The Kier molecular flexibility index (Phi) is 2.15. The van der Waals surface area contributed by atoms with Crippen LogP contribution in [0.5, 0.6) is 0 Å². The summed E-state index contributed by atoms with van der Waals surface area (Å²) in [6.07, 6.45) is 1.74. The lowest BCUT2D eigenvalue weighted by Gasteiger charge is -2.03. The summed E-state index contributed by atoms with van der Waals surface area (Å²) in [6, 6.07) is 3.78. The second-order valence-electron chi connectivity index (χ2n) is 3.25. The zero-order valence-electron chi connectivity index (χ0n) is 7.91. The average Bonchev–Trinajstić information content (AvgIpc) is 2.14. The molecule has 4 heteroatoms. The van der Waals surface area contributed by atoms with Crippen molar-refractivity contribution >= 4 is 21.6 Å². The zero-order valence-corrected chi connectivity index (χ0v) is 9.50. The van der Waals surface area contributed by atoms with E-state index in [-0.39, 0.29) is 5.56 Å². The van der Waals surface area contributed by atoms with Crippen LogP contribution in [0.25, 0.3) is 5.65 Å². The van der Waals surface area contributed by atoms with Crippen molar-refractivity contribution in [3.8, 4) is 0 Å². The number of nitrogens with zero attached hydrogens (tertiary/aromatic N) is 2. The van der Waals surface area contributed by atoms with Crippen LogP contribution in [0.1, 0.15) is 11.3 Å². The van der Waals surface area contributed by atoms with Crippen molar-refractivity contribution in [2.24, 2.45) is 0 Å². The van der Waals surface area contributed by atoms with Gasteiger partial charge in [0.2, 0.25) is 0 Å². The van der Waals surface area contributed by atoms with E-state index in [4.69, 9.17) is 0 Å². The highest BCUT2D eigenvalue weighted by molar-refractivity contribution is 9.10. The molecular weight excluding hydrogens is 244 g/mol. The molecule has 0 bridgehead atoms. The molecule has 0 amide bonds. The minimum Gasteiger partial charge on any atom is -0.268 e. The van der Waals surface area contributed by atoms with Crippen LogP contribution in [0, 0.1) is 13.8 Å². The molecule has 2 rings (SSSR count). The molecule has 0 radical (unpaired) electrons. The van der Waals surface area contributed by atoms with Crippen LogP contribution < -0.4 is 5.56 Å². The number of halogens is 1. The summed E-state index contributed by atoms with van der Waals surface area (Å²) < 4.78 is 2.06. The van der Waals surface area contributed by atoms with Gasteiger partial charge >= 0.3 is 0 Å². The van der Waals surface area contributed by atoms with Gasteiger partial charge in [-0.15, -0.1) is 0 Å². The first kappa shape index (κ1) is 9.40. The van der Waals surface area contributed by atoms with Crippen LogP contribution in [-0.2, 0) is 0 Å². The Bertz CT molecular complexity index is 560. The lowest BCUT2D eigenvalue weighted by Crippen LogP contribution is -2.16. The quantitative estimate of drug-likeness (QED) is 0.720. The van der Waals surface area contributed by atoms with Crippen molar-refractivity contribution in [2.75, 3.05) is 0 Å². The maximum absolute atomic E-state index is 11.7. The van der Waals surface area contributed by atoms with Gasteiger partial charge in [0.25, 0.3) is 5.56 Å². The third kappa shape index (κ3) is 1.35. The molecule has 2 aromatic rings. The van der Waals surface area contributed by atoms with Crippen LogP contribution in [0.4, 0.5) is 0 Å². The average molecular weight is 253 g/mol. The standard InChI is InChI=1S/C10H9BrN2O/c1-6-3-4-13-8(5-6)12-7(2)9(11)10(13)14/h3-5H,1-2H3. The normalized spacial score (nSPS) is 10.8. The smallest absolute Gasteiger partial charge is 0.268 e. The van der Waals surface area contributed by atoms with Crippen molar-refractivity contribution in [2.45, 2.75) is 13.8 Å². The lowest BCUT2D eigenvalue weighted by atomic mass is 10.3. The lowest BCUT2D eigenvalue weighted by molar-refractivity contribution is 0.996. The predicted molar refractivity (Wildman–Crippen MR) is 58.6 cm³/mol. The second kappa shape index (κ2) is 3.20. The Morgan fingerprint density at radius 3 is 2.86 bits per heavy atom. The van der Waals surface area contributed by atoms with E-state index >= 15 is 0 Å². The molecule has 2 aromatic heterocycles. The predicted octanol–water partition coefficient (Wildman–Crippen LogP) is 2.07. The number of aromatic nitrogens is 2. The van der Waals surface area contributed by atoms with E-state index in [1.807, 2.05) is 26.0 Å². The summed E-state index contributed by atoms with van der Waals surface area (Å²) in [5.74, 6) is 0. The van der Waals surface area contributed by atoms with Gasteiger partial charge in [-0.1, -0.05) is 0 Å². The van der Waals surface area contributed by atoms with Gasteiger partial charge in [-0.05, 0) is 47.5 Å². The van der Waals surface area contributed by atoms with Gasteiger partial charge in [0.15, 0.2) is 0 Å². The second-order valence-corrected chi connectivity index (χ2v) is 4.04. The molecule has 0 saturated heterocycles. The summed E-state index contributed by atoms with van der Waals surface area (Å²) in [5, 5.41) is 0. The minimum absolute atomic E-state index is 0.0625. The highest BCUT2D eigenvalue weighted by Crippen LogP contribution is 2.10. The summed E-state index contributed by atoms with van der Waals surface area (Å²) in [6.45, 7) is 3.79. The SMILES string of the molecule is Cc1ccn2c(=O)c(Br)c(C)nc2c1. The number of hydrogen-bond acceptors (Lipinski definition) is 2. The van der Waals surface area contributed by atoms with E-state index < -0.39 is 0 Å². The van der Waals surface area contributed by atoms with Crippen molar-refractivity contribution in [3.63, 3.8) is 0 Å². The zero-order chi connectivity index (χ0) is 10.3. The van der Waals surface area contributed by atoms with E-state index in [9.17, 15) is 4.79 Å². The number of fused-ring (bicyclic) bond motifs is 1. The Morgan fingerprint density at radius 1 is 1.43 bits per heavy atom. The van der Waals surface area contributed by atoms with Gasteiger partial charge in [-0.3, -0.25) is 9.20 Å². The topological polar surface area (TPSA) is 34.4 Å². The van der Waals surface area contributed by atoms with E-state index in [0.717, 1.165) is 11.3 Å². The van der Waals surface area contributed by atoms with Gasteiger partial charge in [0.05, 0.1) is 5.69 Å². The Hall–Kier alpha value is -1.16. The minimum atomic E-state index is -0.0625. The fraction of sp³-hybridized carbons (Fsp3) is 0.200. The highest BCUT2D eigenvalue weighted by atomic mass is 79.9. The first-order chi connectivity index (χ1) is 6.59. The molecule has 0 aliphatic carbocycles. The molecular formula is C10H9BrN2O. The molecule has 0 aliphatic heterocycles. The van der Waals surface area contributed by atoms with Gasteiger partial charge in [0.1, 0.15) is 10.1 Å². The third-order valence-electron chi connectivity index (χ3n) is 2.10. The highest BCUT2D eigenvalue weighted by Gasteiger charge is 2.05. The summed E-state index contributed by atoms with van der Waals surface area (Å²) in [5.41, 5.74) is 2.45. The molecule has 3 nitrogen and oxygen atoms in total. The third-order valence-corrected chi connectivity index (χ3v) is 3.01. The number of pyridine rings is 1. The van der Waals surface area contributed by atoms with E-state index in [2.05, 4.69) is 20.9 Å². The van der Waals surface area contributed by atoms with Gasteiger partial charge in [0, 0.05) is 6.20 Å². The van der Waals surface area contributed by atoms with Gasteiger partial charge < -0.3 is 0 Å². The van der Waals surface area contributed by atoms with Crippen molar-refractivity contribution in [1.29, 1.82) is 0 Å². The number of hydrogen-bond donors (Lipinski definition) is 0. The Balaban J connectivity index is 2.98. The maximum Gasteiger partial charge on any atom is 0.272 e. The van der Waals surface area contributed by atoms with Crippen LogP contribution in [-0.4, -0.2) is 9.38 Å². The van der Waals surface area contributed by atoms with Crippen LogP contribution >= 0.6 is 15.9 Å². The van der Waals surface area contributed by atoms with Crippen LogP contribution in [0.3, 0.4) is 0 Å². The first-order valence-electron chi connectivity index (χ1n) is 4.25. The first-order valence-corrected chi connectivity index (χ1v) is 5.04. The molecule has 0 fully saturated rings. The van der Waals surface area contributed by atoms with Crippen molar-refractivity contribution < 1.29 is 0 Å². The molecule has 14 heavy (non-hydrogen) atoms.